The van der Waals surface area contributed by atoms with Crippen LogP contribution in [0.2, 0.25) is 0 Å². The summed E-state index contributed by atoms with van der Waals surface area (Å²) in [4.78, 5) is 1.45. The van der Waals surface area contributed by atoms with Crippen LogP contribution in [0.5, 0.6) is 0 Å². The maximum atomic E-state index is 12.7. The first-order valence-corrected chi connectivity index (χ1v) is 8.93. The van der Waals surface area contributed by atoms with Crippen molar-refractivity contribution in [1.29, 1.82) is 0 Å². The average molecular weight is 389 g/mol. The van der Waals surface area contributed by atoms with Gasteiger partial charge in [0.25, 0.3) is 0 Å². The summed E-state index contributed by atoms with van der Waals surface area (Å²) >= 11 is 0. The molecule has 0 saturated heterocycles. The molecular weight excluding hydrogens is 371 g/mol. The molecular formula is C19H18F3N5O. The highest BCUT2D eigenvalue weighted by atomic mass is 19.4. The summed E-state index contributed by atoms with van der Waals surface area (Å²) in [5.41, 5.74) is 1.13. The Kier molecular flexibility index (Phi) is 4.76. The topological polar surface area (TPSA) is 75.9 Å². The van der Waals surface area contributed by atoms with E-state index in [2.05, 4.69) is 20.7 Å². The Morgan fingerprint density at radius 2 is 1.79 bits per heavy atom. The molecule has 1 aliphatic rings. The van der Waals surface area contributed by atoms with E-state index >= 15 is 0 Å². The number of tetrazole rings is 1. The zero-order chi connectivity index (χ0) is 19.7. The Morgan fingerprint density at radius 1 is 1.04 bits per heavy atom. The van der Waals surface area contributed by atoms with Crippen LogP contribution in [-0.4, -0.2) is 31.4 Å². The highest BCUT2D eigenvalue weighted by Gasteiger charge is 2.30. The SMILES string of the molecule is O[C@H]1CCC[C@@H]1n1nnc(-c2ccccc2Nc2ccc(C(F)(F)F)cc2)n1. The number of halogens is 3. The molecule has 1 fully saturated rings. The molecule has 0 spiro atoms. The van der Waals surface area contributed by atoms with E-state index in [1.165, 1.54) is 16.9 Å². The van der Waals surface area contributed by atoms with Gasteiger partial charge in [0.2, 0.25) is 5.82 Å². The maximum Gasteiger partial charge on any atom is 0.416 e. The number of nitrogens with zero attached hydrogens (tertiary/aromatic N) is 4. The van der Waals surface area contributed by atoms with Crippen molar-refractivity contribution in [2.24, 2.45) is 0 Å². The fraction of sp³-hybridized carbons (Fsp3) is 0.316. The second-order valence-electron chi connectivity index (χ2n) is 6.74. The Labute approximate surface area is 159 Å². The molecule has 0 amide bonds. The summed E-state index contributed by atoms with van der Waals surface area (Å²) in [5.74, 6) is 0.383. The second-order valence-corrected chi connectivity index (χ2v) is 6.74. The summed E-state index contributed by atoms with van der Waals surface area (Å²) in [6, 6.07) is 11.8. The lowest BCUT2D eigenvalue weighted by molar-refractivity contribution is -0.137. The van der Waals surface area contributed by atoms with Crippen LogP contribution in [0.4, 0.5) is 24.5 Å². The lowest BCUT2D eigenvalue weighted by Crippen LogP contribution is -2.20. The van der Waals surface area contributed by atoms with Gasteiger partial charge in [0.05, 0.1) is 17.7 Å². The molecule has 2 aromatic carbocycles. The Hall–Kier alpha value is -2.94. The van der Waals surface area contributed by atoms with E-state index in [0.717, 1.165) is 25.0 Å². The molecule has 2 atom stereocenters. The molecule has 0 radical (unpaired) electrons. The van der Waals surface area contributed by atoms with Crippen LogP contribution < -0.4 is 5.32 Å². The summed E-state index contributed by atoms with van der Waals surface area (Å²) in [5, 5.41) is 25.7. The van der Waals surface area contributed by atoms with Crippen LogP contribution in [-0.2, 0) is 6.18 Å². The van der Waals surface area contributed by atoms with Crippen molar-refractivity contribution in [3.63, 3.8) is 0 Å². The van der Waals surface area contributed by atoms with Crippen molar-refractivity contribution in [3.8, 4) is 11.4 Å². The van der Waals surface area contributed by atoms with Gasteiger partial charge in [0, 0.05) is 16.9 Å². The summed E-state index contributed by atoms with van der Waals surface area (Å²) in [6.07, 6.45) is -2.43. The van der Waals surface area contributed by atoms with Gasteiger partial charge in [-0.15, -0.1) is 10.2 Å². The van der Waals surface area contributed by atoms with Crippen LogP contribution >= 0.6 is 0 Å². The number of aliphatic hydroxyl groups is 1. The van der Waals surface area contributed by atoms with Crippen LogP contribution in [0, 0.1) is 0 Å². The smallest absolute Gasteiger partial charge is 0.391 e. The third-order valence-electron chi connectivity index (χ3n) is 4.83. The first kappa shape index (κ1) is 18.4. The van der Waals surface area contributed by atoms with Gasteiger partial charge in [0.1, 0.15) is 0 Å². The monoisotopic (exact) mass is 389 g/mol. The van der Waals surface area contributed by atoms with Crippen LogP contribution in [0.3, 0.4) is 0 Å². The number of rotatable bonds is 4. The lowest BCUT2D eigenvalue weighted by atomic mass is 10.1. The van der Waals surface area contributed by atoms with E-state index in [1.807, 2.05) is 6.07 Å². The van der Waals surface area contributed by atoms with Gasteiger partial charge >= 0.3 is 6.18 Å². The van der Waals surface area contributed by atoms with Crippen LogP contribution in [0.15, 0.2) is 48.5 Å². The number of aromatic nitrogens is 4. The van der Waals surface area contributed by atoms with E-state index in [4.69, 9.17) is 0 Å². The Bertz CT molecular complexity index is 955. The molecule has 4 rings (SSSR count). The number of para-hydroxylation sites is 1. The van der Waals surface area contributed by atoms with Gasteiger partial charge in [-0.3, -0.25) is 0 Å². The van der Waals surface area contributed by atoms with Gasteiger partial charge < -0.3 is 10.4 Å². The van der Waals surface area contributed by atoms with Crippen molar-refractivity contribution < 1.29 is 18.3 Å². The van der Waals surface area contributed by atoms with Crippen molar-refractivity contribution in [2.75, 3.05) is 5.32 Å². The normalized spacial score (nSPS) is 19.7. The molecule has 3 aromatic rings. The minimum absolute atomic E-state index is 0.184. The van der Waals surface area contributed by atoms with Crippen molar-refractivity contribution >= 4 is 11.4 Å². The third kappa shape index (κ3) is 3.70. The summed E-state index contributed by atoms with van der Waals surface area (Å²) in [7, 11) is 0. The lowest BCUT2D eigenvalue weighted by Gasteiger charge is -2.12. The van der Waals surface area contributed by atoms with Gasteiger partial charge in [-0.25, -0.2) is 0 Å². The van der Waals surface area contributed by atoms with Crippen molar-refractivity contribution in [3.05, 3.63) is 54.1 Å². The molecule has 146 valence electrons. The fourth-order valence-corrected chi connectivity index (χ4v) is 3.35. The number of anilines is 2. The zero-order valence-electron chi connectivity index (χ0n) is 14.8. The van der Waals surface area contributed by atoms with Gasteiger partial charge in [-0.05, 0) is 60.9 Å². The van der Waals surface area contributed by atoms with Gasteiger partial charge in [0.15, 0.2) is 0 Å². The van der Waals surface area contributed by atoms with Crippen molar-refractivity contribution in [2.45, 2.75) is 37.6 Å². The third-order valence-corrected chi connectivity index (χ3v) is 4.83. The van der Waals surface area contributed by atoms with E-state index < -0.39 is 17.8 Å². The van der Waals surface area contributed by atoms with Crippen LogP contribution in [0.1, 0.15) is 30.9 Å². The number of hydrogen-bond acceptors (Lipinski definition) is 5. The molecule has 1 aliphatic carbocycles. The minimum Gasteiger partial charge on any atom is -0.391 e. The largest absolute Gasteiger partial charge is 0.416 e. The number of nitrogens with one attached hydrogen (secondary N) is 1. The Balaban J connectivity index is 1.58. The van der Waals surface area contributed by atoms with E-state index in [1.54, 1.807) is 18.2 Å². The van der Waals surface area contributed by atoms with Crippen molar-refractivity contribution in [1.82, 2.24) is 20.2 Å². The summed E-state index contributed by atoms with van der Waals surface area (Å²) in [6.45, 7) is 0. The first-order valence-electron chi connectivity index (χ1n) is 8.93. The van der Waals surface area contributed by atoms with E-state index in [0.29, 0.717) is 29.2 Å². The highest BCUT2D eigenvalue weighted by Crippen LogP contribution is 2.33. The molecule has 1 aromatic heterocycles. The number of aliphatic hydroxyl groups excluding tert-OH is 1. The summed E-state index contributed by atoms with van der Waals surface area (Å²) < 4.78 is 38.2. The predicted octanol–water partition coefficient (Wildman–Crippen LogP) is 4.19. The zero-order valence-corrected chi connectivity index (χ0v) is 14.8. The molecule has 0 unspecified atom stereocenters. The molecule has 2 N–H and O–H groups in total. The maximum absolute atomic E-state index is 12.7. The van der Waals surface area contributed by atoms with Gasteiger partial charge in [-0.2, -0.15) is 18.0 Å². The minimum atomic E-state index is -4.37. The molecule has 1 saturated carbocycles. The number of benzene rings is 2. The van der Waals surface area contributed by atoms with Crippen LogP contribution in [0.25, 0.3) is 11.4 Å². The quantitative estimate of drug-likeness (QED) is 0.700. The predicted molar refractivity (Wildman–Crippen MR) is 96.9 cm³/mol. The highest BCUT2D eigenvalue weighted by molar-refractivity contribution is 5.77. The molecule has 9 heteroatoms. The molecule has 0 bridgehead atoms. The average Bonchev–Trinajstić information content (AvgIpc) is 3.31. The number of hydrogen-bond donors (Lipinski definition) is 2. The molecule has 28 heavy (non-hydrogen) atoms. The van der Waals surface area contributed by atoms with Gasteiger partial charge in [-0.1, -0.05) is 12.1 Å². The Morgan fingerprint density at radius 3 is 2.46 bits per heavy atom. The molecule has 1 heterocycles. The molecule has 6 nitrogen and oxygen atoms in total. The fourth-order valence-electron chi connectivity index (χ4n) is 3.35. The standard InChI is InChI=1S/C19H18F3N5O/c20-19(21,22)12-8-10-13(11-9-12)23-15-5-2-1-4-14(15)18-24-26-27(25-18)16-6-3-7-17(16)28/h1-2,4-5,8-11,16-17,23,28H,3,6-7H2/t16-,17-/m0/s1. The first-order chi connectivity index (χ1) is 13.4. The molecule has 0 aliphatic heterocycles. The van der Waals surface area contributed by atoms with E-state index in [9.17, 15) is 18.3 Å². The second kappa shape index (κ2) is 7.23. The van der Waals surface area contributed by atoms with E-state index in [-0.39, 0.29) is 6.04 Å². The number of alkyl halides is 3.